The van der Waals surface area contributed by atoms with Crippen LogP contribution in [0.2, 0.25) is 0 Å². The van der Waals surface area contributed by atoms with E-state index < -0.39 is 17.9 Å². The van der Waals surface area contributed by atoms with Crippen molar-refractivity contribution in [3.63, 3.8) is 0 Å². The van der Waals surface area contributed by atoms with Gasteiger partial charge in [-0.3, -0.25) is 0 Å². The van der Waals surface area contributed by atoms with E-state index in [1.54, 1.807) is 12.0 Å². The summed E-state index contributed by atoms with van der Waals surface area (Å²) < 4.78 is 54.4. The van der Waals surface area contributed by atoms with Gasteiger partial charge in [-0.15, -0.1) is 13.2 Å². The van der Waals surface area contributed by atoms with Gasteiger partial charge in [0, 0.05) is 5.92 Å². The van der Waals surface area contributed by atoms with E-state index in [1.165, 1.54) is 38.2 Å². The Labute approximate surface area is 153 Å². The summed E-state index contributed by atoms with van der Waals surface area (Å²) in [5.41, 5.74) is 0.704. The summed E-state index contributed by atoms with van der Waals surface area (Å²) >= 11 is 0. The molecule has 26 heavy (non-hydrogen) atoms. The number of hydrogen-bond donors (Lipinski definition) is 0. The molecule has 2 fully saturated rings. The first-order chi connectivity index (χ1) is 12.4. The second-order valence-electron chi connectivity index (χ2n) is 7.58. The zero-order valence-corrected chi connectivity index (χ0v) is 15.2. The summed E-state index contributed by atoms with van der Waals surface area (Å²) in [5.74, 6) is 2.66. The van der Waals surface area contributed by atoms with E-state index in [0.717, 1.165) is 43.6 Å². The van der Waals surface area contributed by atoms with Crippen LogP contribution < -0.4 is 4.74 Å². The van der Waals surface area contributed by atoms with E-state index in [1.807, 2.05) is 0 Å². The van der Waals surface area contributed by atoms with Crippen molar-refractivity contribution in [2.45, 2.75) is 71.1 Å². The highest BCUT2D eigenvalue weighted by molar-refractivity contribution is 5.37. The third kappa shape index (κ3) is 4.92. The molecule has 2 aliphatic rings. The average molecular weight is 370 g/mol. The van der Waals surface area contributed by atoms with Crippen LogP contribution in [0.4, 0.5) is 17.6 Å². The van der Waals surface area contributed by atoms with E-state index >= 15 is 0 Å². The van der Waals surface area contributed by atoms with E-state index in [4.69, 9.17) is 0 Å². The molecule has 0 amide bonds. The predicted molar refractivity (Wildman–Crippen MR) is 92.9 cm³/mol. The van der Waals surface area contributed by atoms with Crippen LogP contribution in [0.5, 0.6) is 5.75 Å². The van der Waals surface area contributed by atoms with Crippen LogP contribution in [-0.2, 0) is 0 Å². The van der Waals surface area contributed by atoms with Crippen LogP contribution in [0.1, 0.15) is 70.3 Å². The molecule has 0 bridgehead atoms. The maximum atomic E-state index is 13.9. The Kier molecular flexibility index (Phi) is 6.13. The lowest BCUT2D eigenvalue weighted by atomic mass is 9.68. The Morgan fingerprint density at radius 2 is 1.65 bits per heavy atom. The van der Waals surface area contributed by atoms with E-state index in [2.05, 4.69) is 11.7 Å². The maximum absolute atomic E-state index is 13.9. The highest BCUT2D eigenvalue weighted by Gasteiger charge is 2.34. The number of alkyl halides is 3. The molecule has 0 atom stereocenters. The molecule has 0 aliphatic heterocycles. The van der Waals surface area contributed by atoms with Crippen LogP contribution in [-0.4, -0.2) is 6.36 Å². The normalized spacial score (nSPS) is 21.9. The van der Waals surface area contributed by atoms with Gasteiger partial charge in [0.25, 0.3) is 0 Å². The monoisotopic (exact) mass is 370 g/mol. The van der Waals surface area contributed by atoms with Gasteiger partial charge < -0.3 is 4.74 Å². The first-order valence-corrected chi connectivity index (χ1v) is 9.60. The third-order valence-electron chi connectivity index (χ3n) is 6.06. The quantitative estimate of drug-likeness (QED) is 0.518. The Morgan fingerprint density at radius 3 is 2.19 bits per heavy atom. The standard InChI is InChI=1S/C21H26F4O/c1-2-14-3-5-15(6-4-14)16-7-9-17(10-8-16)18-11-12-20(19(22)13-18)26-21(23,24)25/h11-14,16H,2-10H2,1H3. The van der Waals surface area contributed by atoms with Crippen molar-refractivity contribution in [2.24, 2.45) is 11.8 Å². The first kappa shape index (κ1) is 19.5. The van der Waals surface area contributed by atoms with Crippen LogP contribution in [0, 0.1) is 29.5 Å². The molecule has 0 spiro atoms. The van der Waals surface area contributed by atoms with Crippen LogP contribution in [0.3, 0.4) is 0 Å². The number of ether oxygens (including phenoxy) is 1. The van der Waals surface area contributed by atoms with Gasteiger partial charge >= 0.3 is 6.36 Å². The smallest absolute Gasteiger partial charge is 0.403 e. The summed E-state index contributed by atoms with van der Waals surface area (Å²) in [5, 5.41) is 0. The van der Waals surface area contributed by atoms with Gasteiger partial charge in [0.2, 0.25) is 0 Å². The fourth-order valence-electron chi connectivity index (χ4n) is 4.46. The number of hydrogen-bond acceptors (Lipinski definition) is 1. The summed E-state index contributed by atoms with van der Waals surface area (Å²) in [6, 6.07) is 3.80. The van der Waals surface area contributed by atoms with E-state index in [9.17, 15) is 17.6 Å². The van der Waals surface area contributed by atoms with Crippen molar-refractivity contribution in [3.8, 4) is 5.75 Å². The predicted octanol–water partition coefficient (Wildman–Crippen LogP) is 7.01. The Hall–Kier alpha value is -1.26. The van der Waals surface area contributed by atoms with Gasteiger partial charge in [-0.05, 0) is 86.8 Å². The van der Waals surface area contributed by atoms with Gasteiger partial charge in [0.15, 0.2) is 11.6 Å². The minimum absolute atomic E-state index is 0.661. The molecule has 2 radical (unpaired) electrons. The zero-order valence-electron chi connectivity index (χ0n) is 15.2. The largest absolute Gasteiger partial charge is 0.573 e. The van der Waals surface area contributed by atoms with E-state index in [-0.39, 0.29) is 0 Å². The number of halogens is 4. The van der Waals surface area contributed by atoms with Gasteiger partial charge in [0.1, 0.15) is 0 Å². The van der Waals surface area contributed by atoms with Crippen molar-refractivity contribution in [1.29, 1.82) is 0 Å². The van der Waals surface area contributed by atoms with Gasteiger partial charge in [0.05, 0.1) is 0 Å². The fourth-order valence-corrected chi connectivity index (χ4v) is 4.46. The second kappa shape index (κ2) is 8.18. The van der Waals surface area contributed by atoms with Crippen LogP contribution in [0.15, 0.2) is 18.2 Å². The molecule has 0 N–H and O–H groups in total. The van der Waals surface area contributed by atoms with Crippen LogP contribution >= 0.6 is 0 Å². The molecule has 0 heterocycles. The fraction of sp³-hybridized carbons (Fsp3) is 0.619. The van der Waals surface area contributed by atoms with Crippen molar-refractivity contribution < 1.29 is 22.3 Å². The Balaban J connectivity index is 1.54. The lowest BCUT2D eigenvalue weighted by Gasteiger charge is -2.37. The minimum atomic E-state index is -4.87. The molecule has 2 aliphatic carbocycles. The summed E-state index contributed by atoms with van der Waals surface area (Å²) in [7, 11) is 0. The number of benzene rings is 1. The molecule has 144 valence electrons. The van der Waals surface area contributed by atoms with Crippen molar-refractivity contribution in [1.82, 2.24) is 0 Å². The lowest BCUT2D eigenvalue weighted by Crippen LogP contribution is -2.24. The van der Waals surface area contributed by atoms with Crippen molar-refractivity contribution in [2.75, 3.05) is 0 Å². The maximum Gasteiger partial charge on any atom is 0.573 e. The van der Waals surface area contributed by atoms with Crippen molar-refractivity contribution in [3.05, 3.63) is 41.4 Å². The average Bonchev–Trinajstić information content (AvgIpc) is 2.63. The molecular weight excluding hydrogens is 344 g/mol. The molecule has 3 rings (SSSR count). The van der Waals surface area contributed by atoms with Gasteiger partial charge in [-0.1, -0.05) is 19.4 Å². The zero-order chi connectivity index (χ0) is 18.7. The first-order valence-electron chi connectivity index (χ1n) is 9.60. The molecule has 2 saturated carbocycles. The van der Waals surface area contributed by atoms with Crippen LogP contribution in [0.25, 0.3) is 0 Å². The summed E-state index contributed by atoms with van der Waals surface area (Å²) in [6.07, 6.45) is 5.45. The van der Waals surface area contributed by atoms with Gasteiger partial charge in [-0.25, -0.2) is 4.39 Å². The summed E-state index contributed by atoms with van der Waals surface area (Å²) in [6.45, 7) is 2.27. The Morgan fingerprint density at radius 1 is 1.00 bits per heavy atom. The molecule has 5 heteroatoms. The molecule has 1 aromatic rings. The molecule has 0 saturated heterocycles. The van der Waals surface area contributed by atoms with E-state index in [0.29, 0.717) is 11.5 Å². The molecule has 0 aromatic heterocycles. The minimum Gasteiger partial charge on any atom is -0.403 e. The molecule has 1 nitrogen and oxygen atoms in total. The lowest BCUT2D eigenvalue weighted by molar-refractivity contribution is -0.275. The third-order valence-corrected chi connectivity index (χ3v) is 6.06. The topological polar surface area (TPSA) is 9.23 Å². The second-order valence-corrected chi connectivity index (χ2v) is 7.58. The number of rotatable bonds is 4. The summed E-state index contributed by atoms with van der Waals surface area (Å²) in [4.78, 5) is 0. The molecule has 1 aromatic carbocycles. The van der Waals surface area contributed by atoms with Crippen molar-refractivity contribution >= 4 is 0 Å². The van der Waals surface area contributed by atoms with Gasteiger partial charge in [-0.2, -0.15) is 0 Å². The molecular formula is C21H26F4O. The molecule has 0 unspecified atom stereocenters. The highest BCUT2D eigenvalue weighted by atomic mass is 19.4. The Bertz CT molecular complexity index is 582. The SMILES string of the molecule is CCC1CC[C](C2CC[C](c3ccc(OC(F)(F)F)c(F)c3)CC2)CC1. The highest BCUT2D eigenvalue weighted by Crippen LogP contribution is 2.45.